The number of aryl methyl sites for hydroxylation is 2. The van der Waals surface area contributed by atoms with Crippen molar-refractivity contribution in [3.8, 4) is 0 Å². The smallest absolute Gasteiger partial charge is 0.368 e. The molecular formula is C33H35F3N8O2. The van der Waals surface area contributed by atoms with Crippen LogP contribution in [0, 0.1) is 12.3 Å². The summed E-state index contributed by atoms with van der Waals surface area (Å²) in [6.45, 7) is 6.51. The average molecular weight is 633 g/mol. The van der Waals surface area contributed by atoms with Gasteiger partial charge in [0.25, 0.3) is 5.91 Å². The van der Waals surface area contributed by atoms with Crippen molar-refractivity contribution in [2.45, 2.75) is 39.4 Å². The summed E-state index contributed by atoms with van der Waals surface area (Å²) in [6, 6.07) is 15.4. The fourth-order valence-electron chi connectivity index (χ4n) is 5.57. The Hall–Kier alpha value is -5.33. The topological polar surface area (TPSA) is 127 Å². The molecule has 240 valence electrons. The first-order chi connectivity index (χ1) is 21.8. The summed E-state index contributed by atoms with van der Waals surface area (Å²) in [5, 5.41) is 25.1. The highest BCUT2D eigenvalue weighted by Crippen LogP contribution is 2.33. The molecular weight excluding hydrogens is 597 g/mol. The summed E-state index contributed by atoms with van der Waals surface area (Å²) in [5.74, 6) is 0.365. The van der Waals surface area contributed by atoms with E-state index in [1.54, 1.807) is 36.9 Å². The number of hydrogen-bond donors (Lipinski definition) is 5. The second kappa shape index (κ2) is 13.0. The Morgan fingerprint density at radius 2 is 1.83 bits per heavy atom. The SMILES string of the molecule is CC(=O)N1CCc2ccc(NCNc3c(C=N)c(Nc4cc(NC(=O)c5cccc(C(F)(F)F)c5)ccc4C)nn3C)cc2C1C. The van der Waals surface area contributed by atoms with Crippen molar-refractivity contribution in [2.75, 3.05) is 34.5 Å². The van der Waals surface area contributed by atoms with Crippen LogP contribution in [0.5, 0.6) is 0 Å². The van der Waals surface area contributed by atoms with Crippen LogP contribution >= 0.6 is 0 Å². The zero-order chi connectivity index (χ0) is 33.2. The molecule has 1 aliphatic rings. The van der Waals surface area contributed by atoms with Crippen molar-refractivity contribution in [2.24, 2.45) is 7.05 Å². The van der Waals surface area contributed by atoms with Crippen LogP contribution in [0.2, 0.25) is 0 Å². The summed E-state index contributed by atoms with van der Waals surface area (Å²) in [6.07, 6.45) is -2.56. The Labute approximate surface area is 264 Å². The molecule has 2 heterocycles. The van der Waals surface area contributed by atoms with Crippen LogP contribution < -0.4 is 21.3 Å². The molecule has 1 atom stereocenters. The third-order valence-electron chi connectivity index (χ3n) is 8.07. The van der Waals surface area contributed by atoms with Crippen molar-refractivity contribution >= 4 is 46.7 Å². The normalized spacial score (nSPS) is 14.3. The van der Waals surface area contributed by atoms with Crippen molar-refractivity contribution < 1.29 is 22.8 Å². The molecule has 0 fully saturated rings. The van der Waals surface area contributed by atoms with E-state index in [1.165, 1.54) is 23.9 Å². The number of anilines is 5. The molecule has 0 saturated carbocycles. The van der Waals surface area contributed by atoms with E-state index in [0.29, 0.717) is 41.8 Å². The lowest BCUT2D eigenvalue weighted by Crippen LogP contribution is -2.37. The Morgan fingerprint density at radius 1 is 1.07 bits per heavy atom. The van der Waals surface area contributed by atoms with Crippen molar-refractivity contribution in [3.05, 3.63) is 94.0 Å². The summed E-state index contributed by atoms with van der Waals surface area (Å²) in [5.41, 5.74) is 4.49. The van der Waals surface area contributed by atoms with Gasteiger partial charge in [-0.2, -0.15) is 18.3 Å². The third-order valence-corrected chi connectivity index (χ3v) is 8.07. The number of fused-ring (bicyclic) bond motifs is 1. The van der Waals surface area contributed by atoms with E-state index >= 15 is 0 Å². The van der Waals surface area contributed by atoms with Gasteiger partial charge in [-0.15, -0.1) is 0 Å². The fraction of sp³-hybridized carbons (Fsp3) is 0.273. The molecule has 5 N–H and O–H groups in total. The van der Waals surface area contributed by atoms with Crippen LogP contribution in [0.25, 0.3) is 0 Å². The predicted octanol–water partition coefficient (Wildman–Crippen LogP) is 6.69. The minimum Gasteiger partial charge on any atom is -0.368 e. The van der Waals surface area contributed by atoms with Gasteiger partial charge in [-0.25, -0.2) is 0 Å². The van der Waals surface area contributed by atoms with Crippen LogP contribution in [0.4, 0.5) is 41.9 Å². The minimum atomic E-state index is -4.56. The summed E-state index contributed by atoms with van der Waals surface area (Å²) in [7, 11) is 1.75. The number of aromatic nitrogens is 2. The Balaban J connectivity index is 1.27. The second-order valence-corrected chi connectivity index (χ2v) is 11.1. The first-order valence-electron chi connectivity index (χ1n) is 14.7. The molecule has 13 heteroatoms. The number of amides is 2. The van der Waals surface area contributed by atoms with E-state index in [-0.39, 0.29) is 17.5 Å². The van der Waals surface area contributed by atoms with Crippen molar-refractivity contribution in [3.63, 3.8) is 0 Å². The third kappa shape index (κ3) is 6.82. The van der Waals surface area contributed by atoms with E-state index in [4.69, 9.17) is 5.41 Å². The van der Waals surface area contributed by atoms with Gasteiger partial charge in [-0.1, -0.05) is 18.2 Å². The van der Waals surface area contributed by atoms with E-state index in [9.17, 15) is 22.8 Å². The fourth-order valence-corrected chi connectivity index (χ4v) is 5.57. The quantitative estimate of drug-likeness (QED) is 0.103. The van der Waals surface area contributed by atoms with Crippen LogP contribution in [0.15, 0.2) is 60.7 Å². The zero-order valence-corrected chi connectivity index (χ0v) is 25.8. The van der Waals surface area contributed by atoms with Gasteiger partial charge in [0.15, 0.2) is 5.82 Å². The lowest BCUT2D eigenvalue weighted by atomic mass is 9.93. The average Bonchev–Trinajstić information content (AvgIpc) is 3.31. The van der Waals surface area contributed by atoms with Gasteiger partial charge in [-0.3, -0.25) is 14.3 Å². The molecule has 0 aliphatic carbocycles. The maximum atomic E-state index is 13.1. The number of hydrogen-bond acceptors (Lipinski definition) is 7. The zero-order valence-electron chi connectivity index (χ0n) is 25.8. The highest BCUT2D eigenvalue weighted by Gasteiger charge is 2.31. The predicted molar refractivity (Wildman–Crippen MR) is 173 cm³/mol. The summed E-state index contributed by atoms with van der Waals surface area (Å²) in [4.78, 5) is 26.7. The molecule has 0 saturated heterocycles. The van der Waals surface area contributed by atoms with Gasteiger partial charge in [0, 0.05) is 49.4 Å². The Bertz CT molecular complexity index is 1800. The van der Waals surface area contributed by atoms with Crippen LogP contribution in [-0.4, -0.2) is 45.9 Å². The molecule has 0 spiro atoms. The van der Waals surface area contributed by atoms with E-state index < -0.39 is 17.6 Å². The lowest BCUT2D eigenvalue weighted by molar-refractivity contribution is -0.137. The van der Waals surface area contributed by atoms with Gasteiger partial charge in [0.1, 0.15) is 5.82 Å². The maximum Gasteiger partial charge on any atom is 0.416 e. The van der Waals surface area contributed by atoms with E-state index in [0.717, 1.165) is 35.4 Å². The maximum absolute atomic E-state index is 13.1. The van der Waals surface area contributed by atoms with E-state index in [1.807, 2.05) is 24.8 Å². The van der Waals surface area contributed by atoms with E-state index in [2.05, 4.69) is 38.5 Å². The van der Waals surface area contributed by atoms with Crippen LogP contribution in [0.1, 0.15) is 58.1 Å². The van der Waals surface area contributed by atoms with Crippen molar-refractivity contribution in [1.29, 1.82) is 5.41 Å². The van der Waals surface area contributed by atoms with Gasteiger partial charge in [0.05, 0.1) is 23.8 Å². The molecule has 1 unspecified atom stereocenters. The van der Waals surface area contributed by atoms with Gasteiger partial charge < -0.3 is 31.6 Å². The summed E-state index contributed by atoms with van der Waals surface area (Å²) < 4.78 is 41.0. The monoisotopic (exact) mass is 632 g/mol. The molecule has 46 heavy (non-hydrogen) atoms. The number of nitrogens with one attached hydrogen (secondary N) is 5. The summed E-state index contributed by atoms with van der Waals surface area (Å²) >= 11 is 0. The molecule has 3 aromatic carbocycles. The number of rotatable bonds is 9. The molecule has 10 nitrogen and oxygen atoms in total. The van der Waals surface area contributed by atoms with Gasteiger partial charge in [0.2, 0.25) is 5.91 Å². The number of nitrogens with zero attached hydrogens (tertiary/aromatic N) is 3. The highest BCUT2D eigenvalue weighted by atomic mass is 19.4. The Morgan fingerprint density at radius 3 is 2.54 bits per heavy atom. The molecule has 2 amide bonds. The minimum absolute atomic E-state index is 0.0120. The van der Waals surface area contributed by atoms with Gasteiger partial charge >= 0.3 is 6.18 Å². The standard InChI is InChI=1S/C33H35F3N8O2/c1-19-8-10-26(40-32(46)23-6-5-7-24(14-23)33(34,35)36)16-29(19)41-30-28(17-37)31(43(4)42-30)39-18-38-25-11-9-22-12-13-44(21(3)45)20(2)27(22)15-25/h5-11,14-17,20,37-39H,12-13,18H2,1-4H3,(H,40,46)(H,41,42). The number of alkyl halides is 3. The van der Waals surface area contributed by atoms with Crippen LogP contribution in [0.3, 0.4) is 0 Å². The Kier molecular flexibility index (Phi) is 9.03. The molecule has 4 aromatic rings. The first-order valence-corrected chi connectivity index (χ1v) is 14.7. The lowest BCUT2D eigenvalue weighted by Gasteiger charge is -2.35. The molecule has 1 aromatic heterocycles. The number of carbonyl (C=O) groups is 2. The number of benzene rings is 3. The number of halogens is 3. The van der Waals surface area contributed by atoms with Gasteiger partial charge in [-0.05, 0) is 79.4 Å². The second-order valence-electron chi connectivity index (χ2n) is 11.1. The number of carbonyl (C=O) groups excluding carboxylic acids is 2. The molecule has 0 bridgehead atoms. The first kappa shape index (κ1) is 32.1. The molecule has 1 aliphatic heterocycles. The molecule has 0 radical (unpaired) electrons. The van der Waals surface area contributed by atoms with Crippen LogP contribution in [-0.2, 0) is 24.4 Å². The largest absolute Gasteiger partial charge is 0.416 e. The van der Waals surface area contributed by atoms with Crippen molar-refractivity contribution in [1.82, 2.24) is 14.7 Å². The highest BCUT2D eigenvalue weighted by molar-refractivity contribution is 6.04. The molecule has 5 rings (SSSR count).